The third-order valence-corrected chi connectivity index (χ3v) is 3.54. The number of rotatable bonds is 3. The van der Waals surface area contributed by atoms with E-state index in [2.05, 4.69) is 9.72 Å². The highest BCUT2D eigenvalue weighted by atomic mass is 19.4. The zero-order chi connectivity index (χ0) is 19.1. The quantitative estimate of drug-likeness (QED) is 0.689. The lowest BCUT2D eigenvalue weighted by Gasteiger charge is -2.10. The number of aliphatic hydroxyl groups is 1. The summed E-state index contributed by atoms with van der Waals surface area (Å²) in [6.45, 7) is -0.664. The second kappa shape index (κ2) is 6.20. The van der Waals surface area contributed by atoms with Crippen LogP contribution < -0.4 is 4.74 Å². The smallest absolute Gasteiger partial charge is 0.406 e. The molecule has 26 heavy (non-hydrogen) atoms. The van der Waals surface area contributed by atoms with Gasteiger partial charge in [-0.25, -0.2) is 4.98 Å². The van der Waals surface area contributed by atoms with E-state index in [1.807, 2.05) is 0 Å². The van der Waals surface area contributed by atoms with E-state index in [4.69, 9.17) is 0 Å². The number of ether oxygens (including phenoxy) is 1. The number of alkyl halides is 6. The monoisotopic (exact) mass is 376 g/mol. The summed E-state index contributed by atoms with van der Waals surface area (Å²) in [4.78, 5) is 3.41. The first kappa shape index (κ1) is 18.1. The summed E-state index contributed by atoms with van der Waals surface area (Å²) in [5.74, 6) is -1.64. The maximum atomic E-state index is 13.1. The predicted octanol–water partition coefficient (Wildman–Crippen LogP) is 4.41. The molecule has 0 bridgehead atoms. The zero-order valence-electron chi connectivity index (χ0n) is 12.8. The van der Waals surface area contributed by atoms with E-state index >= 15 is 0 Å². The molecule has 0 amide bonds. The highest BCUT2D eigenvalue weighted by Crippen LogP contribution is 2.32. The molecular weight excluding hydrogens is 366 g/mol. The normalized spacial score (nSPS) is 12.6. The van der Waals surface area contributed by atoms with Crippen molar-refractivity contribution in [1.82, 2.24) is 9.38 Å². The van der Waals surface area contributed by atoms with Crippen molar-refractivity contribution in [3.63, 3.8) is 0 Å². The Labute approximate surface area is 142 Å². The molecule has 3 aromatic rings. The average Bonchev–Trinajstić information content (AvgIpc) is 2.92. The second-order valence-corrected chi connectivity index (χ2v) is 5.28. The Balaban J connectivity index is 2.03. The number of halogens is 6. The van der Waals surface area contributed by atoms with Crippen LogP contribution in [0.15, 0.2) is 42.6 Å². The van der Waals surface area contributed by atoms with Gasteiger partial charge in [0.25, 0.3) is 0 Å². The number of imidazole rings is 1. The van der Waals surface area contributed by atoms with Gasteiger partial charge < -0.3 is 9.84 Å². The van der Waals surface area contributed by atoms with Crippen molar-refractivity contribution < 1.29 is 36.2 Å². The molecule has 10 heteroatoms. The number of nitrogens with zero attached hydrogens (tertiary/aromatic N) is 2. The van der Waals surface area contributed by atoms with Gasteiger partial charge in [-0.3, -0.25) is 4.40 Å². The first-order valence-corrected chi connectivity index (χ1v) is 7.14. The summed E-state index contributed by atoms with van der Waals surface area (Å²) >= 11 is 0. The van der Waals surface area contributed by atoms with Gasteiger partial charge in [0, 0.05) is 6.20 Å². The maximum Gasteiger partial charge on any atom is 0.573 e. The molecule has 0 saturated carbocycles. The fraction of sp³-hybridized carbons (Fsp3) is 0.188. The summed E-state index contributed by atoms with van der Waals surface area (Å²) in [6, 6.07) is 7.54. The molecule has 138 valence electrons. The summed E-state index contributed by atoms with van der Waals surface area (Å²) < 4.78 is 80.4. The Morgan fingerprint density at radius 3 is 2.08 bits per heavy atom. The molecule has 1 N–H and O–H groups in total. The number of pyridine rings is 1. The Kier molecular flexibility index (Phi) is 4.31. The molecule has 2 aromatic heterocycles. The molecule has 0 radical (unpaired) electrons. The third-order valence-electron chi connectivity index (χ3n) is 3.54. The average molecular weight is 376 g/mol. The topological polar surface area (TPSA) is 46.8 Å². The number of benzene rings is 1. The van der Waals surface area contributed by atoms with Gasteiger partial charge in [-0.2, -0.15) is 13.2 Å². The first-order valence-electron chi connectivity index (χ1n) is 7.14. The molecule has 3 rings (SSSR count). The molecule has 0 aliphatic carbocycles. The number of aromatic nitrogens is 2. The number of hydrogen-bond donors (Lipinski definition) is 1. The van der Waals surface area contributed by atoms with Crippen LogP contribution in [0.1, 0.15) is 11.5 Å². The van der Waals surface area contributed by atoms with E-state index in [0.29, 0.717) is 11.1 Å². The van der Waals surface area contributed by atoms with Crippen molar-refractivity contribution >= 4 is 5.52 Å². The van der Waals surface area contributed by atoms with Crippen LogP contribution in [0.4, 0.5) is 26.3 Å². The molecule has 0 atom stereocenters. The molecule has 0 fully saturated rings. The van der Waals surface area contributed by atoms with Crippen molar-refractivity contribution in [2.75, 3.05) is 0 Å². The van der Waals surface area contributed by atoms with Crippen LogP contribution in [-0.4, -0.2) is 20.9 Å². The van der Waals surface area contributed by atoms with Crippen molar-refractivity contribution in [3.05, 3.63) is 54.1 Å². The molecule has 4 nitrogen and oxygen atoms in total. The Morgan fingerprint density at radius 2 is 1.54 bits per heavy atom. The number of hydrogen-bond acceptors (Lipinski definition) is 3. The van der Waals surface area contributed by atoms with Gasteiger partial charge in [0.2, 0.25) is 5.82 Å². The minimum atomic E-state index is -4.83. The van der Waals surface area contributed by atoms with Gasteiger partial charge in [-0.15, -0.1) is 13.2 Å². The lowest BCUT2D eigenvalue weighted by molar-refractivity contribution is -0.274. The SMILES string of the molecule is OCc1nc(C(F)(F)F)n2cc(-c3ccc(OC(F)(F)F)cc3)ccc12. The van der Waals surface area contributed by atoms with Crippen LogP contribution in [0.5, 0.6) is 5.75 Å². The van der Waals surface area contributed by atoms with Crippen molar-refractivity contribution in [1.29, 1.82) is 0 Å². The third kappa shape index (κ3) is 3.59. The summed E-state index contributed by atoms with van der Waals surface area (Å²) in [5.41, 5.74) is 0.663. The number of fused-ring (bicyclic) bond motifs is 1. The molecule has 0 aliphatic heterocycles. The zero-order valence-corrected chi connectivity index (χ0v) is 12.8. The van der Waals surface area contributed by atoms with E-state index in [0.717, 1.165) is 22.7 Å². The van der Waals surface area contributed by atoms with Crippen molar-refractivity contribution in [3.8, 4) is 16.9 Å². The van der Waals surface area contributed by atoms with Crippen LogP contribution in [0.3, 0.4) is 0 Å². The predicted molar refractivity (Wildman–Crippen MR) is 78.2 cm³/mol. The van der Waals surface area contributed by atoms with E-state index in [9.17, 15) is 31.4 Å². The Morgan fingerprint density at radius 1 is 0.923 bits per heavy atom. The van der Waals surface area contributed by atoms with E-state index in [1.54, 1.807) is 0 Å². The van der Waals surface area contributed by atoms with Crippen LogP contribution in [0.25, 0.3) is 16.6 Å². The fourth-order valence-electron chi connectivity index (χ4n) is 2.49. The molecule has 0 spiro atoms. The minimum Gasteiger partial charge on any atom is -0.406 e. The molecule has 2 heterocycles. The molecular formula is C16H10F6N2O2. The fourth-order valence-corrected chi connectivity index (χ4v) is 2.49. The van der Waals surface area contributed by atoms with Crippen LogP contribution in [0, 0.1) is 0 Å². The van der Waals surface area contributed by atoms with Gasteiger partial charge in [0.05, 0.1) is 17.8 Å². The van der Waals surface area contributed by atoms with Gasteiger partial charge in [-0.05, 0) is 29.3 Å². The lowest BCUT2D eigenvalue weighted by Crippen LogP contribution is -2.16. The van der Waals surface area contributed by atoms with E-state index in [-0.39, 0.29) is 11.2 Å². The van der Waals surface area contributed by atoms with Gasteiger partial charge in [0.1, 0.15) is 5.75 Å². The first-order chi connectivity index (χ1) is 12.1. The highest BCUT2D eigenvalue weighted by molar-refractivity contribution is 5.67. The standard InChI is InChI=1S/C16H10F6N2O2/c17-15(18,19)14-23-12(8-25)13-6-3-10(7-24(13)14)9-1-4-11(5-2-9)26-16(20,21)22/h1-7,25H,8H2. The van der Waals surface area contributed by atoms with E-state index in [1.165, 1.54) is 24.3 Å². The van der Waals surface area contributed by atoms with Crippen LogP contribution in [-0.2, 0) is 12.8 Å². The molecule has 0 saturated heterocycles. The number of aliphatic hydroxyl groups excluding tert-OH is 1. The second-order valence-electron chi connectivity index (χ2n) is 5.28. The summed E-state index contributed by atoms with van der Waals surface area (Å²) in [6.07, 6.45) is -8.41. The molecule has 1 aromatic carbocycles. The van der Waals surface area contributed by atoms with Crippen molar-refractivity contribution in [2.45, 2.75) is 19.1 Å². The lowest BCUT2D eigenvalue weighted by atomic mass is 10.1. The van der Waals surface area contributed by atoms with E-state index < -0.39 is 30.7 Å². The van der Waals surface area contributed by atoms with Crippen LogP contribution in [0.2, 0.25) is 0 Å². The molecule has 0 aliphatic rings. The Hall–Kier alpha value is -2.75. The van der Waals surface area contributed by atoms with Crippen LogP contribution >= 0.6 is 0 Å². The maximum absolute atomic E-state index is 13.1. The largest absolute Gasteiger partial charge is 0.573 e. The van der Waals surface area contributed by atoms with Gasteiger partial charge >= 0.3 is 12.5 Å². The highest BCUT2D eigenvalue weighted by Gasteiger charge is 2.37. The summed E-state index contributed by atoms with van der Waals surface area (Å²) in [7, 11) is 0. The molecule has 0 unspecified atom stereocenters. The summed E-state index contributed by atoms with van der Waals surface area (Å²) in [5, 5.41) is 9.18. The minimum absolute atomic E-state index is 0.0839. The van der Waals surface area contributed by atoms with Crippen molar-refractivity contribution in [2.24, 2.45) is 0 Å². The Bertz CT molecular complexity index is 929. The van der Waals surface area contributed by atoms with Gasteiger partial charge in [0.15, 0.2) is 0 Å². The van der Waals surface area contributed by atoms with Gasteiger partial charge in [-0.1, -0.05) is 18.2 Å².